The Labute approximate surface area is 102 Å². The summed E-state index contributed by atoms with van der Waals surface area (Å²) in [6, 6.07) is 3.27. The second kappa shape index (κ2) is 5.53. The van der Waals surface area contributed by atoms with E-state index in [9.17, 15) is 20.2 Å². The first-order chi connectivity index (χ1) is 8.45. The van der Waals surface area contributed by atoms with E-state index in [1.807, 2.05) is 0 Å². The first-order valence-electron chi connectivity index (χ1n) is 4.81. The van der Waals surface area contributed by atoms with E-state index in [1.54, 1.807) is 6.92 Å². The van der Waals surface area contributed by atoms with Crippen molar-refractivity contribution in [2.75, 3.05) is 5.43 Å². The van der Waals surface area contributed by atoms with Crippen LogP contribution in [0.2, 0.25) is 0 Å². The number of hydrazone groups is 1. The van der Waals surface area contributed by atoms with Gasteiger partial charge in [-0.1, -0.05) is 6.58 Å². The van der Waals surface area contributed by atoms with Gasteiger partial charge in [-0.25, -0.2) is 0 Å². The molecule has 0 amide bonds. The highest BCUT2D eigenvalue weighted by molar-refractivity contribution is 5.92. The minimum Gasteiger partial charge on any atom is -0.271 e. The van der Waals surface area contributed by atoms with E-state index >= 15 is 0 Å². The third-order valence-electron chi connectivity index (χ3n) is 2.04. The Hall–Kier alpha value is -2.77. The summed E-state index contributed by atoms with van der Waals surface area (Å²) < 4.78 is 0. The number of nitrogens with zero attached hydrogens (tertiary/aromatic N) is 3. The van der Waals surface area contributed by atoms with Crippen LogP contribution in [0.15, 0.2) is 36.0 Å². The molecule has 0 bridgehead atoms. The van der Waals surface area contributed by atoms with Gasteiger partial charge in [0.1, 0.15) is 5.69 Å². The molecule has 0 atom stereocenters. The van der Waals surface area contributed by atoms with Gasteiger partial charge in [-0.2, -0.15) is 5.10 Å². The number of rotatable bonds is 5. The number of nitro benzene ring substituents is 2. The average Bonchev–Trinajstić information content (AvgIpc) is 2.35. The van der Waals surface area contributed by atoms with Gasteiger partial charge in [-0.15, -0.1) is 0 Å². The van der Waals surface area contributed by atoms with Crippen LogP contribution in [0.1, 0.15) is 6.92 Å². The first-order valence-corrected chi connectivity index (χ1v) is 4.81. The number of nitrogens with one attached hydrogen (secondary N) is 1. The predicted molar refractivity (Wildman–Crippen MR) is 66.7 cm³/mol. The average molecular weight is 250 g/mol. The van der Waals surface area contributed by atoms with Crippen molar-refractivity contribution >= 4 is 22.8 Å². The van der Waals surface area contributed by atoms with Gasteiger partial charge in [0.25, 0.3) is 5.69 Å². The molecule has 1 rings (SSSR count). The van der Waals surface area contributed by atoms with Crippen molar-refractivity contribution in [1.29, 1.82) is 0 Å². The van der Waals surface area contributed by atoms with E-state index in [1.165, 1.54) is 12.1 Å². The number of hydrogen-bond donors (Lipinski definition) is 1. The number of benzene rings is 1. The van der Waals surface area contributed by atoms with Crippen LogP contribution >= 0.6 is 0 Å². The van der Waals surface area contributed by atoms with Gasteiger partial charge in [-0.3, -0.25) is 25.7 Å². The smallest absolute Gasteiger partial charge is 0.271 e. The molecule has 94 valence electrons. The van der Waals surface area contributed by atoms with E-state index in [0.29, 0.717) is 5.71 Å². The third kappa shape index (κ3) is 3.11. The number of anilines is 1. The topological polar surface area (TPSA) is 111 Å². The van der Waals surface area contributed by atoms with Crippen molar-refractivity contribution in [2.24, 2.45) is 5.10 Å². The van der Waals surface area contributed by atoms with Gasteiger partial charge in [0.05, 0.1) is 21.6 Å². The normalized spacial score (nSPS) is 10.8. The van der Waals surface area contributed by atoms with E-state index in [4.69, 9.17) is 0 Å². The van der Waals surface area contributed by atoms with Crippen molar-refractivity contribution < 1.29 is 9.85 Å². The molecule has 0 saturated heterocycles. The van der Waals surface area contributed by atoms with Gasteiger partial charge < -0.3 is 0 Å². The molecule has 0 fully saturated rings. The molecule has 0 saturated carbocycles. The third-order valence-corrected chi connectivity index (χ3v) is 2.04. The van der Waals surface area contributed by atoms with E-state index in [0.717, 1.165) is 12.1 Å². The Morgan fingerprint density at radius 2 is 2.06 bits per heavy atom. The molecule has 1 N–H and O–H groups in total. The Morgan fingerprint density at radius 1 is 1.39 bits per heavy atom. The summed E-state index contributed by atoms with van der Waals surface area (Å²) in [5.74, 6) is 0. The van der Waals surface area contributed by atoms with Crippen LogP contribution in [-0.4, -0.2) is 15.6 Å². The lowest BCUT2D eigenvalue weighted by Gasteiger charge is -2.02. The van der Waals surface area contributed by atoms with E-state index in [-0.39, 0.29) is 11.4 Å². The molecular weight excluding hydrogens is 240 g/mol. The summed E-state index contributed by atoms with van der Waals surface area (Å²) in [4.78, 5) is 19.9. The summed E-state index contributed by atoms with van der Waals surface area (Å²) in [5, 5.41) is 25.1. The molecular formula is C10H10N4O4. The minimum atomic E-state index is -0.714. The van der Waals surface area contributed by atoms with Crippen LogP contribution in [0.25, 0.3) is 0 Å². The lowest BCUT2D eigenvalue weighted by atomic mass is 10.2. The Bertz CT molecular complexity index is 539. The maximum absolute atomic E-state index is 10.8. The van der Waals surface area contributed by atoms with Gasteiger partial charge in [0.15, 0.2) is 0 Å². The van der Waals surface area contributed by atoms with Crippen LogP contribution in [0, 0.1) is 20.2 Å². The molecule has 1 aromatic carbocycles. The lowest BCUT2D eigenvalue weighted by Crippen LogP contribution is -2.00. The molecule has 0 aromatic heterocycles. The zero-order chi connectivity index (χ0) is 13.7. The number of hydrogen-bond acceptors (Lipinski definition) is 6. The number of allylic oxidation sites excluding steroid dienone is 1. The number of non-ortho nitro benzene ring substituents is 1. The van der Waals surface area contributed by atoms with Crippen LogP contribution in [0.5, 0.6) is 0 Å². The minimum absolute atomic E-state index is 0.0757. The summed E-state index contributed by atoms with van der Waals surface area (Å²) in [6.07, 6.45) is 1.46. The molecule has 0 heterocycles. The Balaban J connectivity index is 3.16. The van der Waals surface area contributed by atoms with Crippen LogP contribution < -0.4 is 5.43 Å². The van der Waals surface area contributed by atoms with Gasteiger partial charge >= 0.3 is 5.69 Å². The highest BCUT2D eigenvalue weighted by Crippen LogP contribution is 2.28. The zero-order valence-electron chi connectivity index (χ0n) is 9.49. The van der Waals surface area contributed by atoms with E-state index < -0.39 is 15.5 Å². The van der Waals surface area contributed by atoms with Gasteiger partial charge in [0, 0.05) is 6.07 Å². The van der Waals surface area contributed by atoms with Crippen LogP contribution in [0.3, 0.4) is 0 Å². The maximum atomic E-state index is 10.8. The summed E-state index contributed by atoms with van der Waals surface area (Å²) in [7, 11) is 0. The monoisotopic (exact) mass is 250 g/mol. The predicted octanol–water partition coefficient (Wildman–Crippen LogP) is 2.48. The zero-order valence-corrected chi connectivity index (χ0v) is 9.49. The van der Waals surface area contributed by atoms with Crippen LogP contribution in [0.4, 0.5) is 17.1 Å². The summed E-state index contributed by atoms with van der Waals surface area (Å²) in [6.45, 7) is 5.12. The fourth-order valence-electron chi connectivity index (χ4n) is 1.07. The maximum Gasteiger partial charge on any atom is 0.301 e. The van der Waals surface area contributed by atoms with E-state index in [2.05, 4.69) is 17.1 Å². The highest BCUT2D eigenvalue weighted by Gasteiger charge is 2.19. The molecule has 0 aliphatic heterocycles. The van der Waals surface area contributed by atoms with Crippen molar-refractivity contribution in [2.45, 2.75) is 6.92 Å². The molecule has 0 spiro atoms. The first kappa shape index (κ1) is 13.3. The second-order valence-corrected chi connectivity index (χ2v) is 3.28. The fraction of sp³-hybridized carbons (Fsp3) is 0.100. The molecule has 8 nitrogen and oxygen atoms in total. The van der Waals surface area contributed by atoms with Crippen molar-refractivity contribution in [3.63, 3.8) is 0 Å². The Morgan fingerprint density at radius 3 is 2.56 bits per heavy atom. The second-order valence-electron chi connectivity index (χ2n) is 3.28. The molecule has 1 aromatic rings. The standard InChI is InChI=1S/C10H10N4O4/c1-3-7(2)11-12-9-5-4-8(13(15)16)6-10(9)14(17)18/h3-6,12H,1H2,2H3. The van der Waals surface area contributed by atoms with Gasteiger partial charge in [-0.05, 0) is 19.1 Å². The fourth-order valence-corrected chi connectivity index (χ4v) is 1.07. The molecule has 0 unspecified atom stereocenters. The van der Waals surface area contributed by atoms with Crippen molar-refractivity contribution in [1.82, 2.24) is 0 Å². The Kier molecular flexibility index (Phi) is 4.08. The highest BCUT2D eigenvalue weighted by atomic mass is 16.6. The SMILES string of the molecule is C=CC(C)=NNc1ccc([N+](=O)[O-])cc1[N+](=O)[O-]. The summed E-state index contributed by atoms with van der Waals surface area (Å²) >= 11 is 0. The molecule has 0 aliphatic carbocycles. The van der Waals surface area contributed by atoms with Crippen LogP contribution in [-0.2, 0) is 0 Å². The number of nitro groups is 2. The molecule has 18 heavy (non-hydrogen) atoms. The molecule has 0 radical (unpaired) electrons. The largest absolute Gasteiger partial charge is 0.301 e. The van der Waals surface area contributed by atoms with Gasteiger partial charge in [0.2, 0.25) is 0 Å². The summed E-state index contributed by atoms with van der Waals surface area (Å²) in [5.41, 5.74) is 2.31. The molecule has 0 aliphatic rings. The van der Waals surface area contributed by atoms with Crippen molar-refractivity contribution in [3.05, 3.63) is 51.1 Å². The molecule has 8 heteroatoms. The lowest BCUT2D eigenvalue weighted by molar-refractivity contribution is -0.393. The quantitative estimate of drug-likeness (QED) is 0.490. The van der Waals surface area contributed by atoms with Crippen molar-refractivity contribution in [3.8, 4) is 0 Å².